The Hall–Kier alpha value is -0.840. The highest BCUT2D eigenvalue weighted by atomic mass is 79.9. The second-order valence-corrected chi connectivity index (χ2v) is 4.36. The summed E-state index contributed by atoms with van der Waals surface area (Å²) in [5.41, 5.74) is 0.0285. The van der Waals surface area contributed by atoms with Crippen molar-refractivity contribution < 1.29 is 9.32 Å². The van der Waals surface area contributed by atoms with Gasteiger partial charge in [0.15, 0.2) is 5.69 Å². The van der Waals surface area contributed by atoms with E-state index in [9.17, 15) is 4.79 Å². The molecule has 1 aromatic rings. The van der Waals surface area contributed by atoms with E-state index < -0.39 is 0 Å². The number of rotatable bonds is 3. The molecular weight excluding hydrogens is 248 g/mol. The third-order valence-electron chi connectivity index (χ3n) is 1.65. The third kappa shape index (κ3) is 2.83. The van der Waals surface area contributed by atoms with Gasteiger partial charge in [0.1, 0.15) is 5.76 Å². The van der Waals surface area contributed by atoms with Crippen molar-refractivity contribution in [1.29, 1.82) is 0 Å². The number of nitrogens with zero attached hydrogens (tertiary/aromatic N) is 1. The molecule has 0 radical (unpaired) electrons. The fraction of sp³-hybridized carbons (Fsp3) is 0.556. The number of aromatic nitrogens is 1. The van der Waals surface area contributed by atoms with E-state index in [-0.39, 0.29) is 11.4 Å². The quantitative estimate of drug-likeness (QED) is 0.845. The van der Waals surface area contributed by atoms with Gasteiger partial charge in [0.2, 0.25) is 0 Å². The van der Waals surface area contributed by atoms with E-state index in [0.29, 0.717) is 16.8 Å². The molecule has 4 nitrogen and oxygen atoms in total. The van der Waals surface area contributed by atoms with Crippen LogP contribution in [0.2, 0.25) is 0 Å². The van der Waals surface area contributed by atoms with E-state index in [1.54, 1.807) is 13.0 Å². The minimum atomic E-state index is -0.288. The van der Waals surface area contributed by atoms with Crippen LogP contribution in [0.4, 0.5) is 0 Å². The predicted molar refractivity (Wildman–Crippen MR) is 56.6 cm³/mol. The summed E-state index contributed by atoms with van der Waals surface area (Å²) in [5.74, 6) is 0.415. The zero-order chi connectivity index (χ0) is 10.8. The summed E-state index contributed by atoms with van der Waals surface area (Å²) in [6.45, 7) is 5.60. The number of aryl methyl sites for hydroxylation is 1. The van der Waals surface area contributed by atoms with Gasteiger partial charge >= 0.3 is 0 Å². The maximum absolute atomic E-state index is 11.6. The van der Waals surface area contributed by atoms with Crippen LogP contribution < -0.4 is 5.32 Å². The van der Waals surface area contributed by atoms with E-state index >= 15 is 0 Å². The highest BCUT2D eigenvalue weighted by Gasteiger charge is 2.21. The average Bonchev–Trinajstić information content (AvgIpc) is 2.51. The Morgan fingerprint density at radius 1 is 1.71 bits per heavy atom. The normalized spacial score (nSPS) is 11.4. The highest BCUT2D eigenvalue weighted by molar-refractivity contribution is 9.09. The maximum atomic E-state index is 11.6. The molecular formula is C9H13BrN2O2. The summed E-state index contributed by atoms with van der Waals surface area (Å²) in [4.78, 5) is 11.6. The van der Waals surface area contributed by atoms with Crippen molar-refractivity contribution in [3.63, 3.8) is 0 Å². The highest BCUT2D eigenvalue weighted by Crippen LogP contribution is 2.08. The molecule has 78 valence electrons. The van der Waals surface area contributed by atoms with Gasteiger partial charge in [-0.05, 0) is 20.8 Å². The molecule has 0 aliphatic heterocycles. The Kier molecular flexibility index (Phi) is 3.31. The van der Waals surface area contributed by atoms with Crippen LogP contribution in [0.5, 0.6) is 0 Å². The monoisotopic (exact) mass is 260 g/mol. The Balaban J connectivity index is 2.68. The topological polar surface area (TPSA) is 55.1 Å². The van der Waals surface area contributed by atoms with Crippen molar-refractivity contribution >= 4 is 21.8 Å². The molecule has 1 heterocycles. The van der Waals surface area contributed by atoms with Crippen molar-refractivity contribution in [3.05, 3.63) is 17.5 Å². The van der Waals surface area contributed by atoms with Crippen molar-refractivity contribution in [2.45, 2.75) is 26.3 Å². The number of carbonyl (C=O) groups is 1. The van der Waals surface area contributed by atoms with Gasteiger partial charge < -0.3 is 9.84 Å². The van der Waals surface area contributed by atoms with Gasteiger partial charge in [-0.25, -0.2) is 0 Å². The molecule has 1 rings (SSSR count). The molecule has 14 heavy (non-hydrogen) atoms. The lowest BCUT2D eigenvalue weighted by atomic mass is 10.1. The number of amides is 1. The average molecular weight is 261 g/mol. The summed E-state index contributed by atoms with van der Waals surface area (Å²) >= 11 is 3.32. The molecule has 1 N–H and O–H groups in total. The number of alkyl halides is 1. The van der Waals surface area contributed by atoms with Gasteiger partial charge in [0.25, 0.3) is 5.91 Å². The van der Waals surface area contributed by atoms with Gasteiger partial charge in [-0.3, -0.25) is 4.79 Å². The lowest BCUT2D eigenvalue weighted by Crippen LogP contribution is -2.44. The summed E-state index contributed by atoms with van der Waals surface area (Å²) in [7, 11) is 0. The first-order chi connectivity index (χ1) is 6.44. The minimum Gasteiger partial charge on any atom is -0.361 e. The van der Waals surface area contributed by atoms with Crippen LogP contribution in [-0.4, -0.2) is 21.9 Å². The van der Waals surface area contributed by atoms with Crippen LogP contribution in [0.1, 0.15) is 30.1 Å². The van der Waals surface area contributed by atoms with Crippen LogP contribution in [0.25, 0.3) is 0 Å². The fourth-order valence-corrected chi connectivity index (χ4v) is 1.02. The first kappa shape index (κ1) is 11.2. The van der Waals surface area contributed by atoms with E-state index in [1.165, 1.54) is 0 Å². The summed E-state index contributed by atoms with van der Waals surface area (Å²) in [5, 5.41) is 7.14. The molecule has 0 bridgehead atoms. The molecule has 0 spiro atoms. The van der Waals surface area contributed by atoms with Crippen molar-refractivity contribution in [1.82, 2.24) is 10.5 Å². The second kappa shape index (κ2) is 4.13. The largest absolute Gasteiger partial charge is 0.361 e. The van der Waals surface area contributed by atoms with Crippen LogP contribution in [0.3, 0.4) is 0 Å². The number of halogens is 1. The van der Waals surface area contributed by atoms with E-state index in [4.69, 9.17) is 4.52 Å². The van der Waals surface area contributed by atoms with Crippen LogP contribution in [0.15, 0.2) is 10.6 Å². The summed E-state index contributed by atoms with van der Waals surface area (Å²) in [6, 6.07) is 1.61. The lowest BCUT2D eigenvalue weighted by Gasteiger charge is -2.22. The molecule has 0 aliphatic rings. The molecule has 0 unspecified atom stereocenters. The van der Waals surface area contributed by atoms with E-state index in [0.717, 1.165) is 0 Å². The first-order valence-electron chi connectivity index (χ1n) is 4.26. The summed E-state index contributed by atoms with van der Waals surface area (Å²) in [6.07, 6.45) is 0. The maximum Gasteiger partial charge on any atom is 0.273 e. The molecule has 1 amide bonds. The Labute approximate surface area is 91.2 Å². The third-order valence-corrected chi connectivity index (χ3v) is 3.05. The first-order valence-corrected chi connectivity index (χ1v) is 5.38. The number of nitrogens with one attached hydrogen (secondary N) is 1. The number of hydrogen-bond donors (Lipinski definition) is 1. The Bertz CT molecular complexity index is 333. The smallest absolute Gasteiger partial charge is 0.273 e. The molecule has 0 fully saturated rings. The molecule has 0 aromatic carbocycles. The van der Waals surface area contributed by atoms with E-state index in [1.807, 2.05) is 13.8 Å². The second-order valence-electron chi connectivity index (χ2n) is 3.79. The molecule has 0 saturated carbocycles. The molecule has 0 saturated heterocycles. The Morgan fingerprint density at radius 2 is 2.36 bits per heavy atom. The molecule has 0 atom stereocenters. The predicted octanol–water partition coefficient (Wildman–Crippen LogP) is 1.89. The van der Waals surface area contributed by atoms with Crippen molar-refractivity contribution in [2.75, 3.05) is 5.33 Å². The van der Waals surface area contributed by atoms with Crippen LogP contribution in [0, 0.1) is 6.92 Å². The molecule has 1 aromatic heterocycles. The number of carbonyl (C=O) groups excluding carboxylic acids is 1. The minimum absolute atomic E-state index is 0.216. The Morgan fingerprint density at radius 3 is 2.79 bits per heavy atom. The standard InChI is InChI=1S/C9H13BrN2O2/c1-6-4-7(12-14-6)8(13)11-9(2,3)5-10/h4H,5H2,1-3H3,(H,11,13). The SMILES string of the molecule is Cc1cc(C(=O)NC(C)(C)CBr)no1. The van der Waals surface area contributed by atoms with Gasteiger partial charge in [0, 0.05) is 16.9 Å². The molecule has 0 aliphatic carbocycles. The van der Waals surface area contributed by atoms with Crippen LogP contribution in [-0.2, 0) is 0 Å². The van der Waals surface area contributed by atoms with Crippen molar-refractivity contribution in [3.8, 4) is 0 Å². The van der Waals surface area contributed by atoms with Gasteiger partial charge in [-0.1, -0.05) is 21.1 Å². The zero-order valence-electron chi connectivity index (χ0n) is 8.43. The summed E-state index contributed by atoms with van der Waals surface area (Å²) < 4.78 is 4.81. The van der Waals surface area contributed by atoms with Crippen molar-refractivity contribution in [2.24, 2.45) is 0 Å². The van der Waals surface area contributed by atoms with Gasteiger partial charge in [-0.15, -0.1) is 0 Å². The zero-order valence-corrected chi connectivity index (χ0v) is 10.0. The fourth-order valence-electron chi connectivity index (χ4n) is 0.878. The van der Waals surface area contributed by atoms with E-state index in [2.05, 4.69) is 26.4 Å². The lowest BCUT2D eigenvalue weighted by molar-refractivity contribution is 0.0912. The van der Waals surface area contributed by atoms with Crippen LogP contribution >= 0.6 is 15.9 Å². The van der Waals surface area contributed by atoms with Gasteiger partial charge in [-0.2, -0.15) is 0 Å². The molecule has 5 heteroatoms. The number of hydrogen-bond acceptors (Lipinski definition) is 3. The van der Waals surface area contributed by atoms with Gasteiger partial charge in [0.05, 0.1) is 0 Å².